The van der Waals surface area contributed by atoms with E-state index in [-0.39, 0.29) is 6.54 Å². The highest BCUT2D eigenvalue weighted by molar-refractivity contribution is 7.16. The molecule has 0 saturated heterocycles. The second-order valence-electron chi connectivity index (χ2n) is 6.63. The quantitative estimate of drug-likeness (QED) is 0.425. The van der Waals surface area contributed by atoms with Crippen LogP contribution in [0.1, 0.15) is 10.4 Å². The van der Waals surface area contributed by atoms with Crippen LogP contribution in [0.5, 0.6) is 0 Å². The van der Waals surface area contributed by atoms with E-state index in [9.17, 15) is 14.4 Å². The molecule has 0 atom stereocenters. The molecule has 10 heteroatoms. The summed E-state index contributed by atoms with van der Waals surface area (Å²) in [5.74, 6) is -1.56. The summed E-state index contributed by atoms with van der Waals surface area (Å²) in [6.45, 7) is 0.633. The Morgan fingerprint density at radius 2 is 1.90 bits per heavy atom. The highest BCUT2D eigenvalue weighted by Crippen LogP contribution is 2.20. The fraction of sp³-hybridized carbons (Fsp3) is 0.238. The monoisotopic (exact) mass is 441 g/mol. The van der Waals surface area contributed by atoms with Gasteiger partial charge in [0.2, 0.25) is 0 Å². The summed E-state index contributed by atoms with van der Waals surface area (Å²) in [4.78, 5) is 41.4. The Bertz CT molecular complexity index is 1410. The minimum atomic E-state index is -0.615. The van der Waals surface area contributed by atoms with Gasteiger partial charge in [0, 0.05) is 13.7 Å². The number of oxazole rings is 1. The van der Waals surface area contributed by atoms with E-state index < -0.39 is 17.6 Å². The zero-order valence-electron chi connectivity index (χ0n) is 16.9. The molecule has 2 heterocycles. The Labute approximate surface area is 179 Å². The van der Waals surface area contributed by atoms with Crippen molar-refractivity contribution in [2.24, 2.45) is 4.99 Å². The normalized spacial score (nSPS) is 12.0. The maximum Gasteiger partial charge on any atom is 0.420 e. The number of methoxy groups -OCH3 is 2. The molecular formula is C21H19N3O6S. The van der Waals surface area contributed by atoms with Crippen LogP contribution in [0.25, 0.3) is 21.3 Å². The number of hydrogen-bond acceptors (Lipinski definition) is 7. The van der Waals surface area contributed by atoms with Gasteiger partial charge in [-0.3, -0.25) is 9.36 Å². The molecule has 0 saturated carbocycles. The first-order valence-corrected chi connectivity index (χ1v) is 10.2. The Morgan fingerprint density at radius 1 is 1.10 bits per heavy atom. The van der Waals surface area contributed by atoms with Gasteiger partial charge in [-0.15, -0.1) is 0 Å². The molecular weight excluding hydrogens is 422 g/mol. The Balaban J connectivity index is 1.75. The fourth-order valence-corrected chi connectivity index (χ4v) is 4.36. The predicted molar refractivity (Wildman–Crippen MR) is 114 cm³/mol. The van der Waals surface area contributed by atoms with Crippen LogP contribution in [0, 0.1) is 0 Å². The first kappa shape index (κ1) is 20.8. The predicted octanol–water partition coefficient (Wildman–Crippen LogP) is 2.17. The van der Waals surface area contributed by atoms with Gasteiger partial charge < -0.3 is 18.5 Å². The summed E-state index contributed by atoms with van der Waals surface area (Å²) >= 11 is 1.27. The van der Waals surface area contributed by atoms with Gasteiger partial charge in [-0.25, -0.2) is 9.59 Å². The lowest BCUT2D eigenvalue weighted by Gasteiger charge is -2.05. The molecule has 9 nitrogen and oxygen atoms in total. The van der Waals surface area contributed by atoms with Crippen molar-refractivity contribution < 1.29 is 23.5 Å². The number of aromatic nitrogens is 2. The summed E-state index contributed by atoms with van der Waals surface area (Å²) in [6, 6.07) is 12.0. The molecule has 0 fully saturated rings. The van der Waals surface area contributed by atoms with Gasteiger partial charge in [0.05, 0.1) is 35.0 Å². The molecule has 31 heavy (non-hydrogen) atoms. The average molecular weight is 441 g/mol. The van der Waals surface area contributed by atoms with Crippen molar-refractivity contribution in [2.45, 2.75) is 13.1 Å². The van der Waals surface area contributed by atoms with Crippen molar-refractivity contribution >= 4 is 44.5 Å². The van der Waals surface area contributed by atoms with E-state index in [1.165, 1.54) is 23.0 Å². The summed E-state index contributed by atoms with van der Waals surface area (Å²) < 4.78 is 19.0. The number of amides is 1. The van der Waals surface area contributed by atoms with Crippen molar-refractivity contribution in [2.75, 3.05) is 20.8 Å². The molecule has 0 N–H and O–H groups in total. The third-order valence-electron chi connectivity index (χ3n) is 4.71. The van der Waals surface area contributed by atoms with E-state index >= 15 is 0 Å². The smallest absolute Gasteiger partial charge is 0.420 e. The largest absolute Gasteiger partial charge is 0.465 e. The van der Waals surface area contributed by atoms with E-state index in [4.69, 9.17) is 13.9 Å². The van der Waals surface area contributed by atoms with Crippen molar-refractivity contribution in [1.29, 1.82) is 0 Å². The highest BCUT2D eigenvalue weighted by atomic mass is 32.1. The Hall–Kier alpha value is -3.50. The van der Waals surface area contributed by atoms with Crippen LogP contribution in [0.2, 0.25) is 0 Å². The van der Waals surface area contributed by atoms with Crippen LogP contribution in [0.15, 0.2) is 56.7 Å². The molecule has 0 unspecified atom stereocenters. The van der Waals surface area contributed by atoms with Gasteiger partial charge in [0.1, 0.15) is 6.54 Å². The molecule has 2 aromatic carbocycles. The van der Waals surface area contributed by atoms with Gasteiger partial charge in [-0.2, -0.15) is 4.99 Å². The lowest BCUT2D eigenvalue weighted by Crippen LogP contribution is -2.23. The van der Waals surface area contributed by atoms with Crippen molar-refractivity contribution in [3.05, 3.63) is 63.4 Å². The number of carbonyl (C=O) groups is 2. The molecule has 0 bridgehead atoms. The van der Waals surface area contributed by atoms with Crippen LogP contribution in [-0.2, 0) is 27.4 Å². The number of esters is 1. The van der Waals surface area contributed by atoms with E-state index in [1.807, 2.05) is 4.57 Å². The second-order valence-corrected chi connectivity index (χ2v) is 7.64. The zero-order valence-corrected chi connectivity index (χ0v) is 17.7. The lowest BCUT2D eigenvalue weighted by molar-refractivity contribution is -0.118. The van der Waals surface area contributed by atoms with Crippen LogP contribution < -0.4 is 10.6 Å². The highest BCUT2D eigenvalue weighted by Gasteiger charge is 2.14. The molecule has 0 aliphatic rings. The Morgan fingerprint density at radius 3 is 2.68 bits per heavy atom. The third kappa shape index (κ3) is 4.07. The number of fused-ring (bicyclic) bond motifs is 2. The zero-order chi connectivity index (χ0) is 22.0. The van der Waals surface area contributed by atoms with Crippen LogP contribution >= 0.6 is 11.3 Å². The van der Waals surface area contributed by atoms with Crippen LogP contribution in [-0.4, -0.2) is 41.8 Å². The van der Waals surface area contributed by atoms with E-state index in [0.29, 0.717) is 34.6 Å². The summed E-state index contributed by atoms with van der Waals surface area (Å²) in [5, 5.41) is 0. The van der Waals surface area contributed by atoms with Crippen LogP contribution in [0.4, 0.5) is 0 Å². The number of thiazole rings is 1. The van der Waals surface area contributed by atoms with Crippen LogP contribution in [0.3, 0.4) is 0 Å². The first-order valence-electron chi connectivity index (χ1n) is 9.38. The van der Waals surface area contributed by atoms with E-state index in [2.05, 4.69) is 4.99 Å². The maximum absolute atomic E-state index is 12.7. The third-order valence-corrected chi connectivity index (χ3v) is 5.75. The minimum absolute atomic E-state index is 0.248. The molecule has 1 amide bonds. The molecule has 4 aromatic rings. The fourth-order valence-electron chi connectivity index (χ4n) is 3.24. The first-order chi connectivity index (χ1) is 15.0. The molecule has 0 aliphatic heterocycles. The average Bonchev–Trinajstić information content (AvgIpc) is 3.27. The maximum atomic E-state index is 12.7. The summed E-state index contributed by atoms with van der Waals surface area (Å²) in [6.07, 6.45) is 0. The summed E-state index contributed by atoms with van der Waals surface area (Å²) in [5.41, 5.74) is 2.16. The molecule has 0 spiro atoms. The minimum Gasteiger partial charge on any atom is -0.465 e. The Kier molecular flexibility index (Phi) is 5.83. The van der Waals surface area contributed by atoms with Crippen molar-refractivity contribution in [3.63, 3.8) is 0 Å². The van der Waals surface area contributed by atoms with Gasteiger partial charge in [-0.1, -0.05) is 23.5 Å². The van der Waals surface area contributed by atoms with Crippen molar-refractivity contribution in [3.8, 4) is 0 Å². The topological polar surface area (TPSA) is 105 Å². The second kappa shape index (κ2) is 8.70. The number of rotatable bonds is 6. The standard InChI is InChI=1S/C21H19N3O6S/c1-28-10-9-23-15-8-7-13(19(26)29-2)11-17(15)31-20(23)22-18(25)12-24-14-5-3-4-6-16(14)30-21(24)27/h3-8,11H,9-10,12H2,1-2H3. The molecule has 0 aliphatic carbocycles. The van der Waals surface area contributed by atoms with E-state index in [0.717, 1.165) is 10.2 Å². The van der Waals surface area contributed by atoms with Gasteiger partial charge >= 0.3 is 11.7 Å². The number of carbonyl (C=O) groups excluding carboxylic acids is 2. The number of benzene rings is 2. The number of hydrogen-bond donors (Lipinski definition) is 0. The van der Waals surface area contributed by atoms with Gasteiger partial charge in [0.25, 0.3) is 5.91 Å². The number of ether oxygens (including phenoxy) is 2. The molecule has 160 valence electrons. The van der Waals surface area contributed by atoms with Crippen molar-refractivity contribution in [1.82, 2.24) is 9.13 Å². The number of nitrogens with zero attached hydrogens (tertiary/aromatic N) is 3. The lowest BCUT2D eigenvalue weighted by atomic mass is 10.2. The number of para-hydroxylation sites is 2. The summed E-state index contributed by atoms with van der Waals surface area (Å²) in [7, 11) is 2.91. The molecule has 2 aromatic heterocycles. The molecule has 4 rings (SSSR count). The van der Waals surface area contributed by atoms with E-state index in [1.54, 1.807) is 49.6 Å². The SMILES string of the molecule is COCCn1c(=NC(=O)Cn2c(=O)oc3ccccc32)sc2cc(C(=O)OC)ccc21. The molecule has 0 radical (unpaired) electrons. The van der Waals surface area contributed by atoms with Gasteiger partial charge in [0.15, 0.2) is 10.4 Å². The van der Waals surface area contributed by atoms with Gasteiger partial charge in [-0.05, 0) is 30.3 Å².